The van der Waals surface area contributed by atoms with E-state index in [0.717, 1.165) is 5.56 Å². The zero-order valence-corrected chi connectivity index (χ0v) is 12.1. The summed E-state index contributed by atoms with van der Waals surface area (Å²) in [7, 11) is 0. The molecule has 2 saturated heterocycles. The van der Waals surface area contributed by atoms with Crippen molar-refractivity contribution in [3.63, 3.8) is 0 Å². The van der Waals surface area contributed by atoms with Crippen molar-refractivity contribution in [2.24, 2.45) is 0 Å². The molecule has 1 aromatic rings. The Kier molecular flexibility index (Phi) is 3.59. The van der Waals surface area contributed by atoms with Gasteiger partial charge in [-0.05, 0) is 12.0 Å². The van der Waals surface area contributed by atoms with E-state index in [1.165, 1.54) is 0 Å². The summed E-state index contributed by atoms with van der Waals surface area (Å²) in [6.07, 6.45) is -4.95. The Morgan fingerprint density at radius 3 is 2.48 bits per heavy atom. The molecule has 1 amide bonds. The molecule has 2 heterocycles. The van der Waals surface area contributed by atoms with Crippen LogP contribution in [0.4, 0.5) is 13.2 Å². The van der Waals surface area contributed by atoms with Crippen LogP contribution in [0.15, 0.2) is 30.3 Å². The van der Waals surface area contributed by atoms with Crippen LogP contribution in [-0.4, -0.2) is 57.6 Å². The average Bonchev–Trinajstić information content (AvgIpc) is 3.03. The number of carbonyl (C=O) groups excluding carboxylic acids is 1. The zero-order valence-electron chi connectivity index (χ0n) is 12.1. The first-order chi connectivity index (χ1) is 10.7. The summed E-state index contributed by atoms with van der Waals surface area (Å²) < 4.78 is 37.9. The summed E-state index contributed by atoms with van der Waals surface area (Å²) in [5, 5.41) is 9.58. The molecule has 2 bridgehead atoms. The van der Waals surface area contributed by atoms with Crippen LogP contribution in [0.5, 0.6) is 0 Å². The molecular weight excluding hydrogens is 313 g/mol. The first kappa shape index (κ1) is 15.8. The second-order valence-corrected chi connectivity index (χ2v) is 5.99. The van der Waals surface area contributed by atoms with Crippen molar-refractivity contribution in [1.82, 2.24) is 9.80 Å². The maximum absolute atomic E-state index is 12.6. The van der Waals surface area contributed by atoms with Crippen LogP contribution >= 0.6 is 0 Å². The number of fused-ring (bicyclic) bond motifs is 2. The number of benzene rings is 1. The van der Waals surface area contributed by atoms with Crippen LogP contribution < -0.4 is 0 Å². The van der Waals surface area contributed by atoms with Crippen molar-refractivity contribution < 1.29 is 27.9 Å². The van der Waals surface area contributed by atoms with Crippen molar-refractivity contribution in [2.45, 2.75) is 30.7 Å². The van der Waals surface area contributed by atoms with Gasteiger partial charge in [-0.15, -0.1) is 0 Å². The largest absolute Gasteiger partial charge is 0.480 e. The van der Waals surface area contributed by atoms with E-state index >= 15 is 0 Å². The molecule has 124 valence electrons. The van der Waals surface area contributed by atoms with Gasteiger partial charge in [0.25, 0.3) is 0 Å². The van der Waals surface area contributed by atoms with Gasteiger partial charge < -0.3 is 10.0 Å². The number of aliphatic carboxylic acids is 1. The maximum atomic E-state index is 12.6. The van der Waals surface area contributed by atoms with Crippen LogP contribution in [0, 0.1) is 0 Å². The van der Waals surface area contributed by atoms with Crippen molar-refractivity contribution in [3.8, 4) is 0 Å². The van der Waals surface area contributed by atoms with Crippen LogP contribution in [-0.2, 0) is 16.1 Å². The molecule has 3 rings (SSSR count). The molecule has 0 radical (unpaired) electrons. The SMILES string of the molecule is O=C(N1CC2(C(=O)O)CC1CN2Cc1ccccc1)C(F)(F)F. The van der Waals surface area contributed by atoms with Crippen LogP contribution in [0.25, 0.3) is 0 Å². The van der Waals surface area contributed by atoms with E-state index in [1.807, 2.05) is 30.3 Å². The van der Waals surface area contributed by atoms with E-state index in [0.29, 0.717) is 11.4 Å². The standard InChI is InChI=1S/C15H15F3N2O3/c16-15(17,18)12(21)20-9-14(13(22)23)6-11(20)8-19(14)7-10-4-2-1-3-5-10/h1-5,11H,6-9H2,(H,22,23). The van der Waals surface area contributed by atoms with E-state index in [9.17, 15) is 27.9 Å². The van der Waals surface area contributed by atoms with Crippen LogP contribution in [0.2, 0.25) is 0 Å². The number of amides is 1. The predicted molar refractivity (Wildman–Crippen MR) is 73.4 cm³/mol. The fourth-order valence-electron chi connectivity index (χ4n) is 3.51. The Morgan fingerprint density at radius 1 is 1.26 bits per heavy atom. The number of carboxylic acids is 1. The molecule has 2 unspecified atom stereocenters. The Bertz CT molecular complexity index is 635. The summed E-state index contributed by atoms with van der Waals surface area (Å²) in [5.74, 6) is -3.14. The van der Waals surface area contributed by atoms with Crippen molar-refractivity contribution >= 4 is 11.9 Å². The van der Waals surface area contributed by atoms with E-state index in [4.69, 9.17) is 0 Å². The second kappa shape index (κ2) is 5.23. The Hall–Kier alpha value is -2.09. The van der Waals surface area contributed by atoms with Gasteiger partial charge in [0.15, 0.2) is 0 Å². The van der Waals surface area contributed by atoms with Crippen molar-refractivity contribution in [2.75, 3.05) is 13.1 Å². The molecule has 0 aromatic heterocycles. The first-order valence-electron chi connectivity index (χ1n) is 7.14. The minimum Gasteiger partial charge on any atom is -0.480 e. The summed E-state index contributed by atoms with van der Waals surface area (Å²) >= 11 is 0. The minimum atomic E-state index is -4.98. The lowest BCUT2D eigenvalue weighted by atomic mass is 9.98. The van der Waals surface area contributed by atoms with Crippen molar-refractivity contribution in [1.29, 1.82) is 0 Å². The maximum Gasteiger partial charge on any atom is 0.471 e. The number of nitrogens with zero attached hydrogens (tertiary/aromatic N) is 2. The Labute approximate surface area is 130 Å². The third-order valence-corrected chi connectivity index (χ3v) is 4.60. The second-order valence-electron chi connectivity index (χ2n) is 5.99. The molecular formula is C15H15F3N2O3. The van der Waals surface area contributed by atoms with Crippen molar-refractivity contribution in [3.05, 3.63) is 35.9 Å². The molecule has 2 aliphatic heterocycles. The number of rotatable bonds is 3. The number of carbonyl (C=O) groups is 2. The molecule has 23 heavy (non-hydrogen) atoms. The number of likely N-dealkylation sites (tertiary alicyclic amines) is 2. The number of halogens is 3. The normalized spacial score (nSPS) is 27.4. The lowest BCUT2D eigenvalue weighted by Gasteiger charge is -2.39. The molecule has 1 N–H and O–H groups in total. The topological polar surface area (TPSA) is 60.9 Å². The smallest absolute Gasteiger partial charge is 0.471 e. The Morgan fingerprint density at radius 2 is 1.91 bits per heavy atom. The molecule has 2 fully saturated rings. The third-order valence-electron chi connectivity index (χ3n) is 4.60. The Balaban J connectivity index is 1.83. The molecule has 2 aliphatic rings. The summed E-state index contributed by atoms with van der Waals surface area (Å²) in [4.78, 5) is 25.5. The van der Waals surface area contributed by atoms with E-state index in [-0.39, 0.29) is 13.0 Å². The third kappa shape index (κ3) is 2.56. The van der Waals surface area contributed by atoms with Gasteiger partial charge in [-0.2, -0.15) is 13.2 Å². The highest BCUT2D eigenvalue weighted by molar-refractivity contribution is 5.87. The summed E-state index contributed by atoms with van der Waals surface area (Å²) in [6, 6.07) is 8.41. The molecule has 0 saturated carbocycles. The molecule has 0 spiro atoms. The highest BCUT2D eigenvalue weighted by atomic mass is 19.4. The molecule has 1 aromatic carbocycles. The summed E-state index contributed by atoms with van der Waals surface area (Å²) in [6.45, 7) is 0.0267. The number of piperazine rings is 1. The average molecular weight is 328 g/mol. The highest BCUT2D eigenvalue weighted by Gasteiger charge is 2.63. The number of hydrogen-bond donors (Lipinski definition) is 1. The van der Waals surface area contributed by atoms with Crippen LogP contribution in [0.3, 0.4) is 0 Å². The van der Waals surface area contributed by atoms with E-state index in [1.54, 1.807) is 4.90 Å². The van der Waals surface area contributed by atoms with Gasteiger partial charge in [-0.25, -0.2) is 0 Å². The monoisotopic (exact) mass is 328 g/mol. The molecule has 8 heteroatoms. The van der Waals surface area contributed by atoms with E-state index in [2.05, 4.69) is 0 Å². The number of alkyl halides is 3. The van der Waals surface area contributed by atoms with Gasteiger partial charge in [0.05, 0.1) is 6.54 Å². The van der Waals surface area contributed by atoms with Gasteiger partial charge in [0, 0.05) is 19.1 Å². The highest BCUT2D eigenvalue weighted by Crippen LogP contribution is 2.42. The molecule has 5 nitrogen and oxygen atoms in total. The number of carboxylic acid groups (broad SMARTS) is 1. The first-order valence-corrected chi connectivity index (χ1v) is 7.14. The lowest BCUT2D eigenvalue weighted by Crippen LogP contribution is -2.60. The van der Waals surface area contributed by atoms with E-state index < -0.39 is 36.2 Å². The minimum absolute atomic E-state index is 0.0248. The quantitative estimate of drug-likeness (QED) is 0.913. The predicted octanol–water partition coefficient (Wildman–Crippen LogP) is 1.49. The van der Waals surface area contributed by atoms with Gasteiger partial charge in [0.2, 0.25) is 0 Å². The molecule has 2 atom stereocenters. The van der Waals surface area contributed by atoms with Gasteiger partial charge in [0.1, 0.15) is 5.54 Å². The summed E-state index contributed by atoms with van der Waals surface area (Å²) in [5.41, 5.74) is -0.559. The van der Waals surface area contributed by atoms with Gasteiger partial charge in [-0.1, -0.05) is 30.3 Å². The zero-order chi connectivity index (χ0) is 16.8. The lowest BCUT2D eigenvalue weighted by molar-refractivity contribution is -0.189. The fourth-order valence-corrected chi connectivity index (χ4v) is 3.51. The molecule has 0 aliphatic carbocycles. The van der Waals surface area contributed by atoms with Gasteiger partial charge >= 0.3 is 18.1 Å². The fraction of sp³-hybridized carbons (Fsp3) is 0.467. The van der Waals surface area contributed by atoms with Crippen LogP contribution in [0.1, 0.15) is 12.0 Å². The number of hydrogen-bond acceptors (Lipinski definition) is 3. The van der Waals surface area contributed by atoms with Gasteiger partial charge in [-0.3, -0.25) is 14.5 Å².